The van der Waals surface area contributed by atoms with Gasteiger partial charge in [0.05, 0.1) is 45.1 Å². The van der Waals surface area contributed by atoms with E-state index < -0.39 is 6.10 Å². The Morgan fingerprint density at radius 3 is 2.68 bits per heavy atom. The molecule has 4 atom stereocenters. The molecule has 0 aromatic heterocycles. The van der Waals surface area contributed by atoms with Gasteiger partial charge in [0.1, 0.15) is 5.75 Å². The third-order valence-electron chi connectivity index (χ3n) is 5.53. The molecule has 0 saturated carbocycles. The lowest BCUT2D eigenvalue weighted by Gasteiger charge is -2.44. The molecular formula is C21H32N2O5. The van der Waals surface area contributed by atoms with E-state index in [2.05, 4.69) is 17.0 Å². The zero-order valence-corrected chi connectivity index (χ0v) is 17.0. The molecule has 1 amide bonds. The second kappa shape index (κ2) is 9.69. The molecule has 0 aliphatic carbocycles. The van der Waals surface area contributed by atoms with E-state index in [1.807, 2.05) is 12.1 Å². The van der Waals surface area contributed by atoms with Crippen molar-refractivity contribution in [2.45, 2.75) is 50.2 Å². The van der Waals surface area contributed by atoms with Crippen LogP contribution < -0.4 is 4.74 Å². The number of benzene rings is 1. The number of ether oxygens (including phenoxy) is 3. The fourth-order valence-corrected chi connectivity index (χ4v) is 3.97. The lowest BCUT2D eigenvalue weighted by molar-refractivity contribution is -0.160. The van der Waals surface area contributed by atoms with Crippen molar-refractivity contribution in [2.75, 3.05) is 41.0 Å². The summed E-state index contributed by atoms with van der Waals surface area (Å²) in [4.78, 5) is 16.0. The topological polar surface area (TPSA) is 71.5 Å². The van der Waals surface area contributed by atoms with E-state index in [4.69, 9.17) is 14.2 Å². The van der Waals surface area contributed by atoms with Crippen LogP contribution >= 0.6 is 0 Å². The predicted octanol–water partition coefficient (Wildman–Crippen LogP) is 1.28. The van der Waals surface area contributed by atoms with Gasteiger partial charge in [0.25, 0.3) is 0 Å². The first kappa shape index (κ1) is 21.0. The molecular weight excluding hydrogens is 360 g/mol. The van der Waals surface area contributed by atoms with Gasteiger partial charge in [0.2, 0.25) is 5.91 Å². The average Bonchev–Trinajstić information content (AvgIpc) is 2.67. The summed E-state index contributed by atoms with van der Waals surface area (Å²) in [5.74, 6) is 0.915. The maximum absolute atomic E-state index is 12.1. The Bertz CT molecular complexity index is 636. The molecule has 2 saturated heterocycles. The Hall–Kier alpha value is -1.67. The summed E-state index contributed by atoms with van der Waals surface area (Å²) < 4.78 is 17.2. The molecule has 0 radical (unpaired) electrons. The molecule has 2 aliphatic heterocycles. The number of carbonyl (C=O) groups is 1. The van der Waals surface area contributed by atoms with E-state index in [1.165, 1.54) is 0 Å². The zero-order valence-electron chi connectivity index (χ0n) is 17.0. The predicted molar refractivity (Wildman–Crippen MR) is 105 cm³/mol. The summed E-state index contributed by atoms with van der Waals surface area (Å²) in [5, 5.41) is 10.3. The molecule has 2 fully saturated rings. The summed E-state index contributed by atoms with van der Waals surface area (Å²) in [7, 11) is 5.20. The molecule has 1 aromatic carbocycles. The van der Waals surface area contributed by atoms with Crippen LogP contribution in [0.3, 0.4) is 0 Å². The second-order valence-electron chi connectivity index (χ2n) is 7.90. The first-order chi connectivity index (χ1) is 13.5. The van der Waals surface area contributed by atoms with E-state index in [9.17, 15) is 9.90 Å². The smallest absolute Gasteiger partial charge is 0.224 e. The van der Waals surface area contributed by atoms with Crippen molar-refractivity contribution in [3.63, 3.8) is 0 Å². The van der Waals surface area contributed by atoms with Gasteiger partial charge in [-0.15, -0.1) is 0 Å². The van der Waals surface area contributed by atoms with Crippen molar-refractivity contribution in [1.29, 1.82) is 0 Å². The van der Waals surface area contributed by atoms with Crippen LogP contribution in [0.2, 0.25) is 0 Å². The van der Waals surface area contributed by atoms with E-state index >= 15 is 0 Å². The van der Waals surface area contributed by atoms with Crippen LogP contribution in [-0.4, -0.2) is 86.1 Å². The molecule has 7 heteroatoms. The van der Waals surface area contributed by atoms with Crippen molar-refractivity contribution < 1.29 is 24.1 Å². The van der Waals surface area contributed by atoms with Crippen molar-refractivity contribution in [3.8, 4) is 5.75 Å². The molecule has 3 rings (SSSR count). The van der Waals surface area contributed by atoms with Crippen LogP contribution in [0, 0.1) is 0 Å². The van der Waals surface area contributed by atoms with Gasteiger partial charge in [0, 0.05) is 33.2 Å². The molecule has 0 spiro atoms. The molecule has 7 nitrogen and oxygen atoms in total. The minimum Gasteiger partial charge on any atom is -0.497 e. The van der Waals surface area contributed by atoms with Crippen LogP contribution in [0.5, 0.6) is 5.75 Å². The van der Waals surface area contributed by atoms with Crippen molar-refractivity contribution in [1.82, 2.24) is 9.80 Å². The zero-order chi connectivity index (χ0) is 20.1. The first-order valence-corrected chi connectivity index (χ1v) is 9.94. The third kappa shape index (κ3) is 5.44. The Balaban J connectivity index is 1.69. The molecule has 0 bridgehead atoms. The number of β-amino-alcohol motifs (C(OH)–C–C–N with tert-alkyl or cyclic N) is 1. The highest BCUT2D eigenvalue weighted by Crippen LogP contribution is 2.29. The van der Waals surface area contributed by atoms with Crippen LogP contribution in [0.4, 0.5) is 0 Å². The largest absolute Gasteiger partial charge is 0.497 e. The van der Waals surface area contributed by atoms with Gasteiger partial charge in [-0.2, -0.15) is 0 Å². The number of methoxy groups -OCH3 is 1. The molecule has 28 heavy (non-hydrogen) atoms. The average molecular weight is 392 g/mol. The quantitative estimate of drug-likeness (QED) is 0.814. The summed E-state index contributed by atoms with van der Waals surface area (Å²) >= 11 is 0. The Morgan fingerprint density at radius 2 is 2.00 bits per heavy atom. The van der Waals surface area contributed by atoms with Crippen molar-refractivity contribution >= 4 is 5.91 Å². The van der Waals surface area contributed by atoms with Gasteiger partial charge in [-0.3, -0.25) is 9.69 Å². The van der Waals surface area contributed by atoms with Gasteiger partial charge in [0.15, 0.2) is 0 Å². The lowest BCUT2D eigenvalue weighted by Crippen LogP contribution is -2.55. The van der Waals surface area contributed by atoms with Gasteiger partial charge in [-0.1, -0.05) is 12.1 Å². The molecule has 1 N–H and O–H groups in total. The number of carbonyl (C=O) groups excluding carboxylic acids is 1. The van der Waals surface area contributed by atoms with Gasteiger partial charge in [-0.05, 0) is 30.5 Å². The summed E-state index contributed by atoms with van der Waals surface area (Å²) in [6, 6.07) is 8.17. The van der Waals surface area contributed by atoms with Crippen LogP contribution in [0.1, 0.15) is 24.8 Å². The van der Waals surface area contributed by atoms with Crippen molar-refractivity contribution in [3.05, 3.63) is 29.8 Å². The number of nitrogens with zero attached hydrogens (tertiary/aromatic N) is 2. The SMILES string of the molecule is COc1ccc(CN2C[C@H](O)COC[C@@H]3O[C@@H](CC(=O)N(C)C)CC[C@H]32)cc1. The Kier molecular flexibility index (Phi) is 7.29. The maximum atomic E-state index is 12.1. The first-order valence-electron chi connectivity index (χ1n) is 9.94. The number of fused-ring (bicyclic) bond motifs is 1. The minimum atomic E-state index is -0.521. The van der Waals surface area contributed by atoms with Gasteiger partial charge in [-0.25, -0.2) is 0 Å². The van der Waals surface area contributed by atoms with Crippen LogP contribution in [-0.2, 0) is 20.8 Å². The highest BCUT2D eigenvalue weighted by atomic mass is 16.5. The fraction of sp³-hybridized carbons (Fsp3) is 0.667. The molecule has 2 aliphatic rings. The number of hydrogen-bond acceptors (Lipinski definition) is 6. The molecule has 2 heterocycles. The number of aliphatic hydroxyl groups excluding tert-OH is 1. The van der Waals surface area contributed by atoms with E-state index in [-0.39, 0.29) is 24.2 Å². The van der Waals surface area contributed by atoms with Gasteiger partial charge < -0.3 is 24.2 Å². The number of rotatable bonds is 5. The normalized spacial score (nSPS) is 28.7. The standard InChI is InChI=1S/C21H32N2O5/c1-22(2)21(25)10-18-8-9-19-20(28-18)14-27-13-16(24)12-23(19)11-15-4-6-17(26-3)7-5-15/h4-7,16,18-20,24H,8-14H2,1-3H3/t16-,18+,19+,20-/m0/s1. The number of hydrogen-bond donors (Lipinski definition) is 1. The number of aliphatic hydroxyl groups is 1. The van der Waals surface area contributed by atoms with Crippen molar-refractivity contribution in [2.24, 2.45) is 0 Å². The van der Waals surface area contributed by atoms with Crippen LogP contribution in [0.25, 0.3) is 0 Å². The molecule has 1 aromatic rings. The van der Waals surface area contributed by atoms with E-state index in [0.717, 1.165) is 30.7 Å². The molecule has 0 unspecified atom stereocenters. The highest BCUT2D eigenvalue weighted by molar-refractivity contribution is 5.76. The Labute approximate surface area is 167 Å². The summed E-state index contributed by atoms with van der Waals surface area (Å²) in [6.45, 7) is 2.01. The Morgan fingerprint density at radius 1 is 1.25 bits per heavy atom. The van der Waals surface area contributed by atoms with E-state index in [1.54, 1.807) is 26.1 Å². The monoisotopic (exact) mass is 392 g/mol. The highest BCUT2D eigenvalue weighted by Gasteiger charge is 2.38. The van der Waals surface area contributed by atoms with Crippen LogP contribution in [0.15, 0.2) is 24.3 Å². The molecule has 156 valence electrons. The lowest BCUT2D eigenvalue weighted by atomic mass is 9.94. The fourth-order valence-electron chi connectivity index (χ4n) is 3.97. The summed E-state index contributed by atoms with van der Waals surface area (Å²) in [5.41, 5.74) is 1.16. The second-order valence-corrected chi connectivity index (χ2v) is 7.90. The number of amides is 1. The maximum Gasteiger partial charge on any atom is 0.224 e. The third-order valence-corrected chi connectivity index (χ3v) is 5.53. The minimum absolute atomic E-state index is 0.0769. The summed E-state index contributed by atoms with van der Waals surface area (Å²) in [6.07, 6.45) is 1.45. The van der Waals surface area contributed by atoms with E-state index in [0.29, 0.717) is 26.2 Å². The van der Waals surface area contributed by atoms with Gasteiger partial charge >= 0.3 is 0 Å².